The summed E-state index contributed by atoms with van der Waals surface area (Å²) in [6.45, 7) is 3.69. The maximum Gasteiger partial charge on any atom is 0.144 e. The van der Waals surface area contributed by atoms with E-state index in [9.17, 15) is 0 Å². The van der Waals surface area contributed by atoms with E-state index in [0.29, 0.717) is 6.61 Å². The Labute approximate surface area is 158 Å². The van der Waals surface area contributed by atoms with Crippen LogP contribution in [0, 0.1) is 11.8 Å². The smallest absolute Gasteiger partial charge is 0.144 e. The SMILES string of the molecule is CCCCCC#C[C@H]1O[C@H]2CCCO[C@@H]2CC[C@@H]1OCc1ccccc1. The van der Waals surface area contributed by atoms with Gasteiger partial charge >= 0.3 is 0 Å². The molecule has 0 spiro atoms. The molecule has 2 aliphatic rings. The zero-order valence-corrected chi connectivity index (χ0v) is 16.0. The Balaban J connectivity index is 1.63. The predicted molar refractivity (Wildman–Crippen MR) is 104 cm³/mol. The fourth-order valence-electron chi connectivity index (χ4n) is 3.70. The minimum atomic E-state index is -0.142. The number of ether oxygens (including phenoxy) is 3. The molecule has 142 valence electrons. The highest BCUT2D eigenvalue weighted by atomic mass is 16.6. The van der Waals surface area contributed by atoms with E-state index >= 15 is 0 Å². The highest BCUT2D eigenvalue weighted by molar-refractivity contribution is 5.14. The quantitative estimate of drug-likeness (QED) is 0.537. The zero-order chi connectivity index (χ0) is 18.0. The number of benzene rings is 1. The largest absolute Gasteiger partial charge is 0.376 e. The van der Waals surface area contributed by atoms with Gasteiger partial charge in [0.25, 0.3) is 0 Å². The molecule has 3 rings (SSSR count). The van der Waals surface area contributed by atoms with Crippen LogP contribution in [-0.2, 0) is 20.8 Å². The molecule has 4 atom stereocenters. The molecular weight excluding hydrogens is 324 g/mol. The summed E-state index contributed by atoms with van der Waals surface area (Å²) in [7, 11) is 0. The summed E-state index contributed by atoms with van der Waals surface area (Å²) in [6, 6.07) is 10.3. The Morgan fingerprint density at radius 1 is 1.08 bits per heavy atom. The van der Waals surface area contributed by atoms with E-state index in [-0.39, 0.29) is 24.4 Å². The Hall–Kier alpha value is -1.34. The summed E-state index contributed by atoms with van der Waals surface area (Å²) in [6.07, 6.45) is 8.93. The zero-order valence-electron chi connectivity index (χ0n) is 16.0. The lowest BCUT2D eigenvalue weighted by molar-refractivity contribution is -0.126. The molecule has 0 aromatic heterocycles. The van der Waals surface area contributed by atoms with Crippen LogP contribution in [0.2, 0.25) is 0 Å². The molecule has 0 bridgehead atoms. The van der Waals surface area contributed by atoms with Crippen molar-refractivity contribution in [3.8, 4) is 11.8 Å². The molecule has 0 amide bonds. The van der Waals surface area contributed by atoms with Gasteiger partial charge in [-0.15, -0.1) is 5.92 Å². The summed E-state index contributed by atoms with van der Waals surface area (Å²) < 4.78 is 18.6. The Bertz CT molecular complexity index is 574. The van der Waals surface area contributed by atoms with Gasteiger partial charge in [0, 0.05) is 13.0 Å². The first-order valence-corrected chi connectivity index (χ1v) is 10.3. The molecule has 0 N–H and O–H groups in total. The van der Waals surface area contributed by atoms with Gasteiger partial charge in [-0.1, -0.05) is 56.0 Å². The summed E-state index contributed by atoms with van der Waals surface area (Å²) in [5, 5.41) is 0. The highest BCUT2D eigenvalue weighted by Gasteiger charge is 2.36. The van der Waals surface area contributed by atoms with E-state index in [4.69, 9.17) is 14.2 Å². The summed E-state index contributed by atoms with van der Waals surface area (Å²) in [5.41, 5.74) is 1.19. The van der Waals surface area contributed by atoms with Crippen LogP contribution in [0.5, 0.6) is 0 Å². The van der Waals surface area contributed by atoms with Crippen molar-refractivity contribution in [2.75, 3.05) is 6.61 Å². The highest BCUT2D eigenvalue weighted by Crippen LogP contribution is 2.29. The number of rotatable bonds is 6. The first-order valence-electron chi connectivity index (χ1n) is 10.3. The van der Waals surface area contributed by atoms with E-state index < -0.39 is 0 Å². The van der Waals surface area contributed by atoms with Crippen LogP contribution < -0.4 is 0 Å². The van der Waals surface area contributed by atoms with E-state index in [1.54, 1.807) is 0 Å². The van der Waals surface area contributed by atoms with E-state index in [2.05, 4.69) is 43.0 Å². The molecular formula is C23H32O3. The van der Waals surface area contributed by atoms with Gasteiger partial charge in [0.2, 0.25) is 0 Å². The van der Waals surface area contributed by atoms with Crippen molar-refractivity contribution in [1.82, 2.24) is 0 Å². The summed E-state index contributed by atoms with van der Waals surface area (Å²) in [4.78, 5) is 0. The minimum absolute atomic E-state index is 0.0167. The van der Waals surface area contributed by atoms with Gasteiger partial charge in [0.05, 0.1) is 24.9 Å². The second-order valence-electron chi connectivity index (χ2n) is 7.34. The Morgan fingerprint density at radius 3 is 2.81 bits per heavy atom. The first-order chi connectivity index (χ1) is 12.9. The monoisotopic (exact) mass is 356 g/mol. The van der Waals surface area contributed by atoms with Crippen LogP contribution in [0.1, 0.15) is 63.9 Å². The summed E-state index contributed by atoms with van der Waals surface area (Å²) >= 11 is 0. The van der Waals surface area contributed by atoms with Crippen molar-refractivity contribution in [3.63, 3.8) is 0 Å². The van der Waals surface area contributed by atoms with Crippen LogP contribution in [0.25, 0.3) is 0 Å². The molecule has 1 aromatic carbocycles. The third kappa shape index (κ3) is 5.84. The molecule has 0 saturated carbocycles. The third-order valence-electron chi connectivity index (χ3n) is 5.23. The second-order valence-corrected chi connectivity index (χ2v) is 7.34. The predicted octanol–water partition coefficient (Wildman–Crippen LogP) is 4.88. The normalized spacial score (nSPS) is 28.5. The van der Waals surface area contributed by atoms with Gasteiger partial charge in [-0.2, -0.15) is 0 Å². The molecule has 3 heteroatoms. The fraction of sp³-hybridized carbons (Fsp3) is 0.652. The van der Waals surface area contributed by atoms with Gasteiger partial charge in [-0.3, -0.25) is 0 Å². The van der Waals surface area contributed by atoms with Crippen molar-refractivity contribution in [3.05, 3.63) is 35.9 Å². The third-order valence-corrected chi connectivity index (χ3v) is 5.23. The number of hydrogen-bond donors (Lipinski definition) is 0. The van der Waals surface area contributed by atoms with Gasteiger partial charge < -0.3 is 14.2 Å². The molecule has 2 saturated heterocycles. The molecule has 26 heavy (non-hydrogen) atoms. The van der Waals surface area contributed by atoms with E-state index in [1.807, 2.05) is 6.07 Å². The minimum Gasteiger partial charge on any atom is -0.376 e. The average molecular weight is 357 g/mol. The fourth-order valence-corrected chi connectivity index (χ4v) is 3.70. The molecule has 2 heterocycles. The number of fused-ring (bicyclic) bond motifs is 1. The van der Waals surface area contributed by atoms with Crippen LogP contribution in [0.15, 0.2) is 30.3 Å². The van der Waals surface area contributed by atoms with Crippen LogP contribution >= 0.6 is 0 Å². The molecule has 1 aromatic rings. The molecule has 3 nitrogen and oxygen atoms in total. The Kier molecular flexibility index (Phi) is 8.01. The molecule has 2 fully saturated rings. The van der Waals surface area contributed by atoms with Crippen molar-refractivity contribution >= 4 is 0 Å². The topological polar surface area (TPSA) is 27.7 Å². The molecule has 0 aliphatic carbocycles. The average Bonchev–Trinajstić information content (AvgIpc) is 2.86. The molecule has 0 unspecified atom stereocenters. The number of unbranched alkanes of at least 4 members (excludes halogenated alkanes) is 3. The second kappa shape index (κ2) is 10.7. The van der Waals surface area contributed by atoms with Gasteiger partial charge in [0.1, 0.15) is 6.10 Å². The molecule has 0 radical (unpaired) electrons. The van der Waals surface area contributed by atoms with E-state index in [0.717, 1.165) is 38.7 Å². The number of hydrogen-bond acceptors (Lipinski definition) is 3. The van der Waals surface area contributed by atoms with Crippen LogP contribution in [0.4, 0.5) is 0 Å². The standard InChI is InChI=1S/C23H32O3/c1-2-3-4-5-9-13-22-21(25-18-19-11-7-6-8-12-19)16-15-20-23(26-22)14-10-17-24-20/h6-8,11-12,20-23H,2-5,10,14-18H2,1H3/t20-,21+,22-,23+/m1/s1. The summed E-state index contributed by atoms with van der Waals surface area (Å²) in [5.74, 6) is 6.73. The maximum atomic E-state index is 6.40. The van der Waals surface area contributed by atoms with Gasteiger partial charge in [0.15, 0.2) is 0 Å². The first kappa shape index (κ1) is 19.4. The lowest BCUT2D eigenvalue weighted by Gasteiger charge is -2.30. The van der Waals surface area contributed by atoms with Gasteiger partial charge in [-0.25, -0.2) is 0 Å². The lowest BCUT2D eigenvalue weighted by Crippen LogP contribution is -2.37. The van der Waals surface area contributed by atoms with Crippen molar-refractivity contribution in [2.45, 2.75) is 89.3 Å². The van der Waals surface area contributed by atoms with E-state index in [1.165, 1.54) is 24.8 Å². The Morgan fingerprint density at radius 2 is 1.96 bits per heavy atom. The van der Waals surface area contributed by atoms with Crippen molar-refractivity contribution in [2.24, 2.45) is 0 Å². The maximum absolute atomic E-state index is 6.40. The van der Waals surface area contributed by atoms with Crippen LogP contribution in [0.3, 0.4) is 0 Å². The van der Waals surface area contributed by atoms with Crippen molar-refractivity contribution < 1.29 is 14.2 Å². The van der Waals surface area contributed by atoms with Gasteiger partial charge in [-0.05, 0) is 37.7 Å². The molecule has 2 aliphatic heterocycles. The lowest BCUT2D eigenvalue weighted by atomic mass is 10.0. The van der Waals surface area contributed by atoms with Crippen molar-refractivity contribution in [1.29, 1.82) is 0 Å². The van der Waals surface area contributed by atoms with Crippen LogP contribution in [-0.4, -0.2) is 31.0 Å².